The number of aliphatic imine (C=N–C) groups is 1. The number of ether oxygens (including phenoxy) is 2. The zero-order valence-corrected chi connectivity index (χ0v) is 21.8. The maximum Gasteiger partial charge on any atom is 0.338 e. The Kier molecular flexibility index (Phi) is 8.15. The molecular weight excluding hydrogens is 474 g/mol. The van der Waals surface area contributed by atoms with E-state index in [0.717, 1.165) is 23.2 Å². The second-order valence-corrected chi connectivity index (χ2v) is 9.59. The number of thioether (sulfide) groups is 1. The molecule has 2 aromatic rings. The highest BCUT2D eigenvalue weighted by molar-refractivity contribution is 8.16. The molecule has 8 heteroatoms. The van der Waals surface area contributed by atoms with Gasteiger partial charge in [-0.2, -0.15) is 0 Å². The van der Waals surface area contributed by atoms with Crippen LogP contribution in [0.2, 0.25) is 0 Å². The van der Waals surface area contributed by atoms with Gasteiger partial charge in [-0.05, 0) is 37.3 Å². The number of amides is 1. The average Bonchev–Trinajstić information content (AvgIpc) is 3.28. The van der Waals surface area contributed by atoms with Crippen LogP contribution >= 0.6 is 11.8 Å². The SMILES string of the molecule is CC[C@@H](C)NC(=O)CC1=CSC2=NC(C)=C(C(=O)OCc3ccccc3)[C@H](c3ccccc3OC)N12. The summed E-state index contributed by atoms with van der Waals surface area (Å²) in [7, 11) is 1.61. The van der Waals surface area contributed by atoms with Crippen molar-refractivity contribution >= 4 is 28.8 Å². The number of methoxy groups -OCH3 is 1. The number of benzene rings is 2. The van der Waals surface area contributed by atoms with Crippen LogP contribution in [0.15, 0.2) is 82.0 Å². The van der Waals surface area contributed by atoms with Gasteiger partial charge in [0.05, 0.1) is 30.8 Å². The molecule has 7 nitrogen and oxygen atoms in total. The largest absolute Gasteiger partial charge is 0.496 e. The number of esters is 1. The maximum absolute atomic E-state index is 13.5. The molecule has 2 aromatic carbocycles. The molecule has 0 aliphatic carbocycles. The monoisotopic (exact) mass is 505 g/mol. The summed E-state index contributed by atoms with van der Waals surface area (Å²) in [5, 5.41) is 5.68. The Labute approximate surface area is 216 Å². The topological polar surface area (TPSA) is 80.2 Å². The summed E-state index contributed by atoms with van der Waals surface area (Å²) in [5.74, 6) is 0.122. The van der Waals surface area contributed by atoms with Crippen LogP contribution in [0.4, 0.5) is 0 Å². The van der Waals surface area contributed by atoms with Crippen molar-refractivity contribution in [2.75, 3.05) is 7.11 Å². The van der Waals surface area contributed by atoms with Crippen molar-refractivity contribution in [3.63, 3.8) is 0 Å². The van der Waals surface area contributed by atoms with E-state index in [0.29, 0.717) is 22.2 Å². The summed E-state index contributed by atoms with van der Waals surface area (Å²) in [6.07, 6.45) is 1.02. The number of allylic oxidation sites excluding steroid dienone is 1. The molecule has 0 unspecified atom stereocenters. The average molecular weight is 506 g/mol. The minimum atomic E-state index is -0.547. The molecule has 2 aliphatic rings. The summed E-state index contributed by atoms with van der Waals surface area (Å²) >= 11 is 1.45. The van der Waals surface area contributed by atoms with Crippen molar-refractivity contribution < 1.29 is 19.1 Å². The van der Waals surface area contributed by atoms with Crippen molar-refractivity contribution in [1.82, 2.24) is 10.2 Å². The fourth-order valence-corrected chi connectivity index (χ4v) is 5.17. The lowest BCUT2D eigenvalue weighted by Gasteiger charge is -2.36. The van der Waals surface area contributed by atoms with Gasteiger partial charge < -0.3 is 19.7 Å². The Balaban J connectivity index is 1.69. The van der Waals surface area contributed by atoms with E-state index in [9.17, 15) is 9.59 Å². The van der Waals surface area contributed by atoms with Crippen LogP contribution in [0.5, 0.6) is 5.75 Å². The third kappa shape index (κ3) is 5.49. The third-order valence-corrected chi connectivity index (χ3v) is 7.12. The lowest BCUT2D eigenvalue weighted by atomic mass is 9.93. The normalized spacial score (nSPS) is 17.7. The summed E-state index contributed by atoms with van der Waals surface area (Å²) < 4.78 is 11.4. The number of carbonyl (C=O) groups is 2. The molecule has 2 heterocycles. The smallest absolute Gasteiger partial charge is 0.338 e. The van der Waals surface area contributed by atoms with E-state index in [1.54, 1.807) is 7.11 Å². The first-order chi connectivity index (χ1) is 17.4. The summed E-state index contributed by atoms with van der Waals surface area (Å²) in [6.45, 7) is 5.98. The molecule has 4 rings (SSSR count). The number of nitrogens with zero attached hydrogens (tertiary/aromatic N) is 2. The fourth-order valence-electron chi connectivity index (χ4n) is 4.21. The number of hydrogen-bond donors (Lipinski definition) is 1. The molecule has 2 atom stereocenters. The van der Waals surface area contributed by atoms with Gasteiger partial charge in [0.15, 0.2) is 5.17 Å². The summed E-state index contributed by atoms with van der Waals surface area (Å²) in [4.78, 5) is 33.0. The molecule has 0 bridgehead atoms. The molecule has 1 amide bonds. The van der Waals surface area contributed by atoms with Gasteiger partial charge in [0.2, 0.25) is 5.91 Å². The number of amidine groups is 1. The number of carbonyl (C=O) groups excluding carboxylic acids is 2. The number of rotatable bonds is 9. The van der Waals surface area contributed by atoms with Crippen molar-refractivity contribution in [2.24, 2.45) is 4.99 Å². The van der Waals surface area contributed by atoms with Crippen LogP contribution in [-0.4, -0.2) is 35.1 Å². The number of fused-ring (bicyclic) bond motifs is 1. The highest BCUT2D eigenvalue weighted by Crippen LogP contribution is 2.46. The molecule has 0 spiro atoms. The van der Waals surface area contributed by atoms with E-state index in [1.165, 1.54) is 11.8 Å². The first kappa shape index (κ1) is 25.6. The second kappa shape index (κ2) is 11.5. The van der Waals surface area contributed by atoms with Crippen molar-refractivity contribution in [2.45, 2.75) is 52.3 Å². The lowest BCUT2D eigenvalue weighted by molar-refractivity contribution is -0.141. The van der Waals surface area contributed by atoms with Crippen LogP contribution in [0.1, 0.15) is 50.8 Å². The maximum atomic E-state index is 13.5. The van der Waals surface area contributed by atoms with Crippen LogP contribution in [-0.2, 0) is 20.9 Å². The minimum Gasteiger partial charge on any atom is -0.496 e. The minimum absolute atomic E-state index is 0.0734. The highest BCUT2D eigenvalue weighted by atomic mass is 32.2. The van der Waals surface area contributed by atoms with Gasteiger partial charge >= 0.3 is 5.97 Å². The predicted molar refractivity (Wildman–Crippen MR) is 142 cm³/mol. The van der Waals surface area contributed by atoms with E-state index in [4.69, 9.17) is 14.5 Å². The Morgan fingerprint density at radius 2 is 1.86 bits per heavy atom. The lowest BCUT2D eigenvalue weighted by Crippen LogP contribution is -2.39. The van der Waals surface area contributed by atoms with Crippen LogP contribution in [0.3, 0.4) is 0 Å². The molecule has 0 saturated carbocycles. The standard InChI is InChI=1S/C28H31N3O4S/c1-5-18(2)29-24(32)15-21-17-36-28-30-19(3)25(27(33)35-16-20-11-7-6-8-12-20)26(31(21)28)22-13-9-10-14-23(22)34-4/h6-14,17-18,26H,5,15-16H2,1-4H3,(H,29,32)/t18-,26+/m1/s1. The molecule has 0 fully saturated rings. The zero-order chi connectivity index (χ0) is 25.7. The third-order valence-electron chi connectivity index (χ3n) is 6.23. The van der Waals surface area contributed by atoms with Gasteiger partial charge in [0.25, 0.3) is 0 Å². The highest BCUT2D eigenvalue weighted by Gasteiger charge is 2.42. The first-order valence-corrected chi connectivity index (χ1v) is 12.9. The number of nitrogens with one attached hydrogen (secondary N) is 1. The Bertz CT molecular complexity index is 1220. The van der Waals surface area contributed by atoms with Crippen LogP contribution in [0, 0.1) is 0 Å². The summed E-state index contributed by atoms with van der Waals surface area (Å²) in [5.41, 5.74) is 3.48. The molecular formula is C28H31N3O4S. The zero-order valence-electron chi connectivity index (χ0n) is 21.0. The van der Waals surface area contributed by atoms with Gasteiger partial charge in [-0.1, -0.05) is 67.2 Å². The van der Waals surface area contributed by atoms with Crippen molar-refractivity contribution in [3.8, 4) is 5.75 Å². The quantitative estimate of drug-likeness (QED) is 0.465. The van der Waals surface area contributed by atoms with E-state index in [2.05, 4.69) is 5.32 Å². The van der Waals surface area contributed by atoms with Crippen LogP contribution < -0.4 is 10.1 Å². The Hall–Kier alpha value is -3.52. The Morgan fingerprint density at radius 3 is 2.58 bits per heavy atom. The number of hydrogen-bond acceptors (Lipinski definition) is 7. The first-order valence-electron chi connectivity index (χ1n) is 12.0. The van der Waals surface area contributed by atoms with Crippen LogP contribution in [0.25, 0.3) is 0 Å². The van der Waals surface area contributed by atoms with E-state index in [1.807, 2.05) is 85.7 Å². The van der Waals surface area contributed by atoms with E-state index >= 15 is 0 Å². The molecule has 2 aliphatic heterocycles. The van der Waals surface area contributed by atoms with Gasteiger partial charge in [-0.25, -0.2) is 9.79 Å². The van der Waals surface area contributed by atoms with Crippen molar-refractivity contribution in [1.29, 1.82) is 0 Å². The molecule has 36 heavy (non-hydrogen) atoms. The van der Waals surface area contributed by atoms with Gasteiger partial charge in [-0.3, -0.25) is 4.79 Å². The molecule has 188 valence electrons. The van der Waals surface area contributed by atoms with Crippen molar-refractivity contribution in [3.05, 3.63) is 88.1 Å². The molecule has 0 aromatic heterocycles. The molecule has 1 N–H and O–H groups in total. The summed E-state index contributed by atoms with van der Waals surface area (Å²) in [6, 6.07) is 16.7. The molecule has 0 radical (unpaired) electrons. The second-order valence-electron chi connectivity index (χ2n) is 8.75. The van der Waals surface area contributed by atoms with E-state index in [-0.39, 0.29) is 25.0 Å². The van der Waals surface area contributed by atoms with E-state index < -0.39 is 12.0 Å². The molecule has 0 saturated heterocycles. The Morgan fingerprint density at radius 1 is 1.14 bits per heavy atom. The van der Waals surface area contributed by atoms with Gasteiger partial charge in [0.1, 0.15) is 12.4 Å². The van der Waals surface area contributed by atoms with Gasteiger partial charge in [0, 0.05) is 17.3 Å². The fraction of sp³-hybridized carbons (Fsp3) is 0.321. The van der Waals surface area contributed by atoms with Gasteiger partial charge in [-0.15, -0.1) is 0 Å². The predicted octanol–water partition coefficient (Wildman–Crippen LogP) is 5.32. The number of para-hydroxylation sites is 1.